The number of fused-ring (bicyclic) bond motifs is 1. The van der Waals surface area contributed by atoms with Gasteiger partial charge in [-0.25, -0.2) is 4.99 Å². The van der Waals surface area contributed by atoms with Gasteiger partial charge in [-0.1, -0.05) is 0 Å². The normalized spacial score (nSPS) is 23.8. The van der Waals surface area contributed by atoms with Crippen molar-refractivity contribution < 1.29 is 0 Å². The molecule has 1 aromatic rings. The Morgan fingerprint density at radius 2 is 1.96 bits per heavy atom. The minimum atomic E-state index is -0.364. The van der Waals surface area contributed by atoms with E-state index in [9.17, 15) is 0 Å². The third kappa shape index (κ3) is 2.77. The molecule has 2 heterocycles. The fourth-order valence-corrected chi connectivity index (χ4v) is 2.82. The molecule has 6 nitrogen and oxygen atoms in total. The minimum Gasteiger partial charge on any atom is -0.398 e. The largest absolute Gasteiger partial charge is 0.398 e. The number of allylic oxidation sites excluding steroid dienone is 1. The number of nitrogens with one attached hydrogen (secondary N) is 1. The second kappa shape index (κ2) is 5.62. The van der Waals surface area contributed by atoms with E-state index in [1.165, 1.54) is 0 Å². The molecule has 1 aromatic carbocycles. The van der Waals surface area contributed by atoms with Crippen LogP contribution in [0.2, 0.25) is 0 Å². The highest BCUT2D eigenvalue weighted by Crippen LogP contribution is 2.33. The molecular weight excluding hydrogens is 288 g/mol. The zero-order valence-corrected chi connectivity index (χ0v) is 14.0. The quantitative estimate of drug-likeness (QED) is 0.735. The summed E-state index contributed by atoms with van der Waals surface area (Å²) in [5, 5.41) is 3.32. The maximum Gasteiger partial charge on any atom is 0.175 e. The third-order valence-electron chi connectivity index (χ3n) is 4.56. The Morgan fingerprint density at radius 3 is 2.65 bits per heavy atom. The molecule has 0 aromatic heterocycles. The van der Waals surface area contributed by atoms with E-state index in [0.717, 1.165) is 34.2 Å². The van der Waals surface area contributed by atoms with Crippen LogP contribution >= 0.6 is 0 Å². The Morgan fingerprint density at radius 1 is 1.22 bits per heavy atom. The SMILES string of the molecule is CC1=CC(Nc2ccc3c(c2)C(N)=CC(C)N3C)=NC(N)N1C. The minimum absolute atomic E-state index is 0.295. The Labute approximate surface area is 137 Å². The molecule has 122 valence electrons. The van der Waals surface area contributed by atoms with Crippen LogP contribution in [0.15, 0.2) is 41.0 Å². The molecule has 0 bridgehead atoms. The molecule has 23 heavy (non-hydrogen) atoms. The Kier molecular flexibility index (Phi) is 3.77. The first-order valence-electron chi connectivity index (χ1n) is 7.73. The lowest BCUT2D eigenvalue weighted by Gasteiger charge is -2.32. The second-order valence-electron chi connectivity index (χ2n) is 6.16. The lowest BCUT2D eigenvalue weighted by Crippen LogP contribution is -2.40. The van der Waals surface area contributed by atoms with Gasteiger partial charge in [-0.3, -0.25) is 5.73 Å². The number of amidine groups is 1. The van der Waals surface area contributed by atoms with Gasteiger partial charge in [0.1, 0.15) is 5.84 Å². The van der Waals surface area contributed by atoms with Crippen molar-refractivity contribution in [2.75, 3.05) is 24.3 Å². The lowest BCUT2D eigenvalue weighted by molar-refractivity contribution is 0.316. The van der Waals surface area contributed by atoms with Crippen LogP contribution in [0, 0.1) is 0 Å². The van der Waals surface area contributed by atoms with Crippen LogP contribution in [0.1, 0.15) is 19.4 Å². The maximum atomic E-state index is 6.20. The van der Waals surface area contributed by atoms with E-state index in [1.807, 2.05) is 31.0 Å². The molecule has 6 heteroatoms. The van der Waals surface area contributed by atoms with E-state index in [4.69, 9.17) is 11.5 Å². The third-order valence-corrected chi connectivity index (χ3v) is 4.56. The number of benzene rings is 1. The van der Waals surface area contributed by atoms with Gasteiger partial charge in [0.15, 0.2) is 6.29 Å². The zero-order valence-electron chi connectivity index (χ0n) is 14.0. The standard InChI is InChI=1S/C17H24N6/c1-10-7-14(18)13-9-12(5-6-15(13)22(10)3)20-16-8-11(2)23(4)17(19)21-16/h5-10,17H,18-19H2,1-4H3,(H,20,21). The average Bonchev–Trinajstić information content (AvgIpc) is 2.50. The Hall–Kier alpha value is -2.47. The number of anilines is 2. The van der Waals surface area contributed by atoms with Gasteiger partial charge in [-0.15, -0.1) is 0 Å². The van der Waals surface area contributed by atoms with Crippen LogP contribution in [0.4, 0.5) is 11.4 Å². The van der Waals surface area contributed by atoms with E-state index in [2.05, 4.69) is 47.4 Å². The molecule has 2 atom stereocenters. The highest BCUT2D eigenvalue weighted by atomic mass is 15.3. The van der Waals surface area contributed by atoms with Crippen LogP contribution in [-0.2, 0) is 0 Å². The van der Waals surface area contributed by atoms with Crippen molar-refractivity contribution in [2.45, 2.75) is 26.2 Å². The Balaban J connectivity index is 1.89. The van der Waals surface area contributed by atoms with Crippen molar-refractivity contribution in [1.82, 2.24) is 4.90 Å². The van der Waals surface area contributed by atoms with Crippen LogP contribution < -0.4 is 21.7 Å². The summed E-state index contributed by atoms with van der Waals surface area (Å²) in [5.41, 5.74) is 17.2. The van der Waals surface area contributed by atoms with E-state index >= 15 is 0 Å². The van der Waals surface area contributed by atoms with Crippen LogP contribution in [0.5, 0.6) is 0 Å². The van der Waals surface area contributed by atoms with Gasteiger partial charge >= 0.3 is 0 Å². The predicted molar refractivity (Wildman–Crippen MR) is 97.0 cm³/mol. The molecule has 0 radical (unpaired) electrons. The number of rotatable bonds is 1. The molecule has 3 rings (SSSR count). The topological polar surface area (TPSA) is 82.9 Å². The number of aliphatic imine (C=N–C) groups is 1. The van der Waals surface area contributed by atoms with E-state index < -0.39 is 0 Å². The number of nitrogens with zero attached hydrogens (tertiary/aromatic N) is 3. The fourth-order valence-electron chi connectivity index (χ4n) is 2.82. The number of likely N-dealkylation sites (N-methyl/N-ethyl adjacent to an activating group) is 1. The highest BCUT2D eigenvalue weighted by molar-refractivity contribution is 6.05. The van der Waals surface area contributed by atoms with Crippen LogP contribution in [0.3, 0.4) is 0 Å². The molecule has 0 amide bonds. The molecule has 0 saturated heterocycles. The summed E-state index contributed by atoms with van der Waals surface area (Å²) in [6.07, 6.45) is 3.69. The first-order chi connectivity index (χ1) is 10.9. The van der Waals surface area contributed by atoms with Crippen molar-refractivity contribution in [1.29, 1.82) is 0 Å². The summed E-state index contributed by atoms with van der Waals surface area (Å²) >= 11 is 0. The molecule has 5 N–H and O–H groups in total. The summed E-state index contributed by atoms with van der Waals surface area (Å²) in [7, 11) is 4.00. The summed E-state index contributed by atoms with van der Waals surface area (Å²) in [4.78, 5) is 8.58. The monoisotopic (exact) mass is 312 g/mol. The van der Waals surface area contributed by atoms with Gasteiger partial charge in [-0.2, -0.15) is 0 Å². The van der Waals surface area contributed by atoms with Gasteiger partial charge in [0.2, 0.25) is 0 Å². The molecule has 2 aliphatic rings. The maximum absolute atomic E-state index is 6.20. The van der Waals surface area contributed by atoms with Crippen LogP contribution in [-0.4, -0.2) is 37.2 Å². The zero-order chi connectivity index (χ0) is 16.7. The van der Waals surface area contributed by atoms with Crippen molar-refractivity contribution in [2.24, 2.45) is 16.5 Å². The predicted octanol–water partition coefficient (Wildman–Crippen LogP) is 1.73. The Bertz CT molecular complexity index is 718. The van der Waals surface area contributed by atoms with E-state index in [-0.39, 0.29) is 6.29 Å². The molecule has 2 unspecified atom stereocenters. The van der Waals surface area contributed by atoms with Gasteiger partial charge in [0.05, 0.1) is 0 Å². The summed E-state index contributed by atoms with van der Waals surface area (Å²) < 4.78 is 0. The number of nitrogens with two attached hydrogens (primary N) is 2. The summed E-state index contributed by atoms with van der Waals surface area (Å²) in [5.74, 6) is 0.758. The van der Waals surface area contributed by atoms with E-state index in [0.29, 0.717) is 6.04 Å². The molecule has 0 aliphatic carbocycles. The average molecular weight is 312 g/mol. The van der Waals surface area contributed by atoms with Gasteiger partial charge in [-0.05, 0) is 44.2 Å². The molecule has 0 spiro atoms. The number of hydrogen-bond donors (Lipinski definition) is 3. The van der Waals surface area contributed by atoms with Crippen LogP contribution in [0.25, 0.3) is 5.70 Å². The van der Waals surface area contributed by atoms with Gasteiger partial charge in [0, 0.05) is 48.5 Å². The van der Waals surface area contributed by atoms with Crippen molar-refractivity contribution in [3.05, 3.63) is 41.6 Å². The van der Waals surface area contributed by atoms with Crippen molar-refractivity contribution in [3.63, 3.8) is 0 Å². The second-order valence-corrected chi connectivity index (χ2v) is 6.16. The smallest absolute Gasteiger partial charge is 0.175 e. The highest BCUT2D eigenvalue weighted by Gasteiger charge is 2.20. The molecular formula is C17H24N6. The van der Waals surface area contributed by atoms with Gasteiger partial charge in [0.25, 0.3) is 0 Å². The number of hydrogen-bond acceptors (Lipinski definition) is 6. The van der Waals surface area contributed by atoms with Crippen molar-refractivity contribution in [3.8, 4) is 0 Å². The first kappa shape index (κ1) is 15.4. The molecule has 0 fully saturated rings. The lowest BCUT2D eigenvalue weighted by atomic mass is 10.0. The summed E-state index contributed by atoms with van der Waals surface area (Å²) in [6.45, 7) is 4.14. The van der Waals surface area contributed by atoms with E-state index in [1.54, 1.807) is 0 Å². The summed E-state index contributed by atoms with van der Waals surface area (Å²) in [6, 6.07) is 6.47. The first-order valence-corrected chi connectivity index (χ1v) is 7.73. The fraction of sp³-hybridized carbons (Fsp3) is 0.353. The molecule has 0 saturated carbocycles. The van der Waals surface area contributed by atoms with Gasteiger partial charge < -0.3 is 20.9 Å². The molecule has 2 aliphatic heterocycles. The van der Waals surface area contributed by atoms with Crippen molar-refractivity contribution >= 4 is 22.9 Å².